The van der Waals surface area contributed by atoms with E-state index in [1.54, 1.807) is 0 Å². The Hall–Kier alpha value is -3.08. The number of allylic oxidation sites excluding steroid dienone is 1. The Kier molecular flexibility index (Phi) is 20.3. The van der Waals surface area contributed by atoms with Crippen LogP contribution in [0.2, 0.25) is 0 Å². The number of rotatable bonds is 6. The molecule has 0 spiro atoms. The summed E-state index contributed by atoms with van der Waals surface area (Å²) in [4.78, 5) is 2.56. The smallest absolute Gasteiger partial charge is 0.0249 e. The molecule has 3 rings (SSSR count). The topological polar surface area (TPSA) is 3.24 Å². The molecule has 1 heteroatoms. The predicted octanol–water partition coefficient (Wildman–Crippen LogP) is 9.88. The van der Waals surface area contributed by atoms with Crippen molar-refractivity contribution >= 4 is 0 Å². The summed E-state index contributed by atoms with van der Waals surface area (Å²) in [6, 6.07) is 29.3. The highest BCUT2D eigenvalue weighted by molar-refractivity contribution is 5.42. The average Bonchev–Trinajstić information content (AvgIpc) is 2.91. The number of hydrogen-bond acceptors (Lipinski definition) is 1. The van der Waals surface area contributed by atoms with Crippen molar-refractivity contribution in [2.75, 3.05) is 13.1 Å². The van der Waals surface area contributed by atoms with Crippen LogP contribution in [0.15, 0.2) is 97.1 Å². The zero-order chi connectivity index (χ0) is 27.9. The van der Waals surface area contributed by atoms with Crippen molar-refractivity contribution < 1.29 is 0 Å². The molecule has 3 aromatic carbocycles. The summed E-state index contributed by atoms with van der Waals surface area (Å²) in [5, 5.41) is 0. The van der Waals surface area contributed by atoms with Gasteiger partial charge in [-0.2, -0.15) is 0 Å². The van der Waals surface area contributed by atoms with E-state index in [0.717, 1.165) is 17.2 Å². The van der Waals surface area contributed by atoms with Crippen LogP contribution in [-0.2, 0) is 0 Å². The van der Waals surface area contributed by atoms with E-state index in [-0.39, 0.29) is 0 Å². The van der Waals surface area contributed by atoms with Crippen molar-refractivity contribution in [3.8, 4) is 11.8 Å². The molecule has 1 unspecified atom stereocenters. The number of aryl methyl sites for hydroxylation is 2. The molecule has 37 heavy (non-hydrogen) atoms. The maximum Gasteiger partial charge on any atom is 0.0249 e. The van der Waals surface area contributed by atoms with E-state index < -0.39 is 0 Å². The molecular weight excluding hydrogens is 446 g/mol. The highest BCUT2D eigenvalue weighted by atomic mass is 15.1. The molecule has 0 aliphatic heterocycles. The summed E-state index contributed by atoms with van der Waals surface area (Å²) in [5.41, 5.74) is 5.93. The first-order valence-electron chi connectivity index (χ1n) is 13.7. The Balaban J connectivity index is 0.000000505. The summed E-state index contributed by atoms with van der Waals surface area (Å²) in [6.07, 6.45) is 3.93. The molecule has 3 aromatic rings. The van der Waals surface area contributed by atoms with Gasteiger partial charge in [-0.25, -0.2) is 0 Å². The van der Waals surface area contributed by atoms with E-state index in [1.165, 1.54) is 49.1 Å². The predicted molar refractivity (Wildman–Crippen MR) is 167 cm³/mol. The highest BCUT2D eigenvalue weighted by Crippen LogP contribution is 2.04. The van der Waals surface area contributed by atoms with E-state index >= 15 is 0 Å². The number of nitrogens with zero attached hydrogens (tertiary/aromatic N) is 1. The summed E-state index contributed by atoms with van der Waals surface area (Å²) in [7, 11) is 0. The third kappa shape index (κ3) is 19.7. The third-order valence-electron chi connectivity index (χ3n) is 5.54. The molecule has 0 saturated carbocycles. The van der Waals surface area contributed by atoms with Crippen LogP contribution in [0, 0.1) is 25.7 Å². The maximum atomic E-state index is 3.56. The lowest BCUT2D eigenvalue weighted by Gasteiger charge is -2.26. The van der Waals surface area contributed by atoms with Gasteiger partial charge in [-0.05, 0) is 84.8 Å². The number of benzene rings is 3. The summed E-state index contributed by atoms with van der Waals surface area (Å²) >= 11 is 0. The van der Waals surface area contributed by atoms with Gasteiger partial charge in [-0.15, -0.1) is 6.58 Å². The average molecular weight is 498 g/mol. The van der Waals surface area contributed by atoms with Crippen LogP contribution in [-0.4, -0.2) is 24.0 Å². The lowest BCUT2D eigenvalue weighted by Crippen LogP contribution is -2.33. The van der Waals surface area contributed by atoms with Gasteiger partial charge in [0.1, 0.15) is 0 Å². The van der Waals surface area contributed by atoms with Crippen molar-refractivity contribution in [1.29, 1.82) is 0 Å². The Morgan fingerprint density at radius 1 is 0.730 bits per heavy atom. The molecule has 0 saturated heterocycles. The molecular formula is C36H51N. The summed E-state index contributed by atoms with van der Waals surface area (Å²) in [6.45, 7) is 23.3. The molecule has 0 heterocycles. The number of hydrogen-bond donors (Lipinski definition) is 0. The molecule has 200 valence electrons. The van der Waals surface area contributed by atoms with E-state index in [4.69, 9.17) is 0 Å². The van der Waals surface area contributed by atoms with Crippen LogP contribution in [0.5, 0.6) is 0 Å². The molecule has 0 radical (unpaired) electrons. The normalized spacial score (nSPS) is 10.2. The van der Waals surface area contributed by atoms with Gasteiger partial charge in [0.15, 0.2) is 0 Å². The van der Waals surface area contributed by atoms with Crippen LogP contribution < -0.4 is 0 Å². The zero-order valence-electron chi connectivity index (χ0n) is 24.9. The van der Waals surface area contributed by atoms with E-state index in [9.17, 15) is 0 Å². The fourth-order valence-corrected chi connectivity index (χ4v) is 3.13. The lowest BCUT2D eigenvalue weighted by atomic mass is 10.2. The summed E-state index contributed by atoms with van der Waals surface area (Å²) in [5.74, 6) is 6.22. The molecule has 1 atom stereocenters. The Labute approximate surface area is 229 Å². The molecule has 0 aliphatic rings. The van der Waals surface area contributed by atoms with Gasteiger partial charge in [0.2, 0.25) is 0 Å². The molecule has 1 nitrogen and oxygen atoms in total. The van der Waals surface area contributed by atoms with Gasteiger partial charge in [-0.1, -0.05) is 116 Å². The maximum absolute atomic E-state index is 3.56. The second-order valence-electron chi connectivity index (χ2n) is 9.58. The third-order valence-corrected chi connectivity index (χ3v) is 5.54. The highest BCUT2D eigenvalue weighted by Gasteiger charge is 2.07. The lowest BCUT2D eigenvalue weighted by molar-refractivity contribution is 0.211. The van der Waals surface area contributed by atoms with Gasteiger partial charge in [0.05, 0.1) is 0 Å². The first kappa shape index (κ1) is 33.9. The van der Waals surface area contributed by atoms with Gasteiger partial charge in [0.25, 0.3) is 0 Å². The van der Waals surface area contributed by atoms with Crippen molar-refractivity contribution in [3.05, 3.63) is 119 Å². The van der Waals surface area contributed by atoms with Gasteiger partial charge < -0.3 is 4.90 Å². The van der Waals surface area contributed by atoms with Gasteiger partial charge in [-0.3, -0.25) is 0 Å². The van der Waals surface area contributed by atoms with E-state index in [0.29, 0.717) is 0 Å². The van der Waals surface area contributed by atoms with Crippen molar-refractivity contribution in [2.45, 2.75) is 80.7 Å². The Morgan fingerprint density at radius 3 is 1.41 bits per heavy atom. The van der Waals surface area contributed by atoms with Crippen molar-refractivity contribution in [2.24, 2.45) is 0 Å². The standard InChI is InChI=1S/C14H10.C10H23N.C8H10.C4H8/c1-3-7-13(8-4-1)11-12-14-9-5-2-6-10-14;1-5-8-9-11(7-3)10(4)6-2;1-7-3-5-8(2)6-4-7;1-4(2)3/h1-10H;10H,5-9H2,1-4H3;3-6H,1-2H3;1H2,2-3H3. The molecule has 0 aromatic heterocycles. The van der Waals surface area contributed by atoms with Gasteiger partial charge >= 0.3 is 0 Å². The van der Waals surface area contributed by atoms with Crippen molar-refractivity contribution in [1.82, 2.24) is 4.90 Å². The fraction of sp³-hybridized carbons (Fsp3) is 0.389. The quantitative estimate of drug-likeness (QED) is 0.242. The Morgan fingerprint density at radius 2 is 1.11 bits per heavy atom. The van der Waals surface area contributed by atoms with Gasteiger partial charge in [0, 0.05) is 17.2 Å². The first-order valence-corrected chi connectivity index (χ1v) is 13.7. The molecule has 0 aliphatic carbocycles. The van der Waals surface area contributed by atoms with E-state index in [2.05, 4.69) is 89.1 Å². The Bertz CT molecular complexity index is 923. The van der Waals surface area contributed by atoms with Crippen LogP contribution >= 0.6 is 0 Å². The SMILES string of the molecule is C(#Cc1ccccc1)c1ccccc1.C=C(C)C.CCCCN(CC)C(C)CC.Cc1ccc(C)cc1. The molecule has 0 fully saturated rings. The van der Waals surface area contributed by atoms with Crippen LogP contribution in [0.25, 0.3) is 0 Å². The second-order valence-corrected chi connectivity index (χ2v) is 9.58. The molecule has 0 bridgehead atoms. The minimum atomic E-state index is 0.770. The minimum absolute atomic E-state index is 0.770. The summed E-state index contributed by atoms with van der Waals surface area (Å²) < 4.78 is 0. The first-order chi connectivity index (χ1) is 17.7. The van der Waals surface area contributed by atoms with Crippen LogP contribution in [0.1, 0.15) is 83.1 Å². The zero-order valence-corrected chi connectivity index (χ0v) is 24.9. The van der Waals surface area contributed by atoms with Crippen LogP contribution in [0.3, 0.4) is 0 Å². The second kappa shape index (κ2) is 22.1. The minimum Gasteiger partial charge on any atom is -0.301 e. The van der Waals surface area contributed by atoms with Crippen molar-refractivity contribution in [3.63, 3.8) is 0 Å². The van der Waals surface area contributed by atoms with Crippen LogP contribution in [0.4, 0.5) is 0 Å². The molecule has 0 amide bonds. The van der Waals surface area contributed by atoms with E-state index in [1.807, 2.05) is 74.5 Å². The number of unbranched alkanes of at least 4 members (excludes halogenated alkanes) is 1. The monoisotopic (exact) mass is 497 g/mol. The largest absolute Gasteiger partial charge is 0.301 e. The fourth-order valence-electron chi connectivity index (χ4n) is 3.13. The molecule has 0 N–H and O–H groups in total.